The number of thioether (sulfide) groups is 1. The summed E-state index contributed by atoms with van der Waals surface area (Å²) in [7, 11) is 1.54. The van der Waals surface area contributed by atoms with Gasteiger partial charge in [0.1, 0.15) is 5.75 Å². The highest BCUT2D eigenvalue weighted by Gasteiger charge is 2.19. The van der Waals surface area contributed by atoms with Crippen molar-refractivity contribution in [2.75, 3.05) is 26.0 Å². The Bertz CT molecular complexity index is 437. The number of hydrogen-bond acceptors (Lipinski definition) is 6. The molecule has 0 saturated heterocycles. The fourth-order valence-electron chi connectivity index (χ4n) is 1.48. The molecule has 0 aliphatic rings. The van der Waals surface area contributed by atoms with Gasteiger partial charge in [0.15, 0.2) is 0 Å². The molecule has 104 valence electrons. The van der Waals surface area contributed by atoms with Gasteiger partial charge in [0.05, 0.1) is 18.1 Å². The second-order valence-electron chi connectivity index (χ2n) is 3.70. The topological polar surface area (TPSA) is 95.5 Å². The fourth-order valence-corrected chi connectivity index (χ4v) is 2.59. The Morgan fingerprint density at radius 3 is 2.32 bits per heavy atom. The van der Waals surface area contributed by atoms with Crippen molar-refractivity contribution in [2.45, 2.75) is 5.25 Å². The molecule has 1 unspecified atom stereocenters. The van der Waals surface area contributed by atoms with Crippen LogP contribution in [0.5, 0.6) is 5.75 Å². The van der Waals surface area contributed by atoms with Crippen LogP contribution in [0.2, 0.25) is 0 Å². The van der Waals surface area contributed by atoms with E-state index in [2.05, 4.69) is 0 Å². The lowest BCUT2D eigenvalue weighted by Crippen LogP contribution is -2.12. The minimum Gasteiger partial charge on any atom is -0.497 e. The summed E-state index contributed by atoms with van der Waals surface area (Å²) in [4.78, 5) is 20.1. The zero-order valence-electron chi connectivity index (χ0n) is 10.4. The van der Waals surface area contributed by atoms with E-state index >= 15 is 0 Å². The summed E-state index contributed by atoms with van der Waals surface area (Å²) in [6.07, 6.45) is 0. The summed E-state index contributed by atoms with van der Waals surface area (Å²) >= 11 is 1.22. The molecule has 1 atom stereocenters. The number of ether oxygens (including phenoxy) is 1. The zero-order chi connectivity index (χ0) is 14.3. The summed E-state index contributed by atoms with van der Waals surface area (Å²) in [5.74, 6) is 0.913. The molecule has 0 radical (unpaired) electrons. The SMILES string of the molecule is COc1ccc(C(C[N+](=O)[O-])SCC[N+](=O)[O-])cc1. The van der Waals surface area contributed by atoms with Crippen molar-refractivity contribution in [2.24, 2.45) is 0 Å². The van der Waals surface area contributed by atoms with Crippen molar-refractivity contribution >= 4 is 11.8 Å². The zero-order valence-corrected chi connectivity index (χ0v) is 11.2. The Hall–Kier alpha value is -1.83. The van der Waals surface area contributed by atoms with E-state index in [1.165, 1.54) is 18.9 Å². The lowest BCUT2D eigenvalue weighted by atomic mass is 10.1. The molecule has 0 saturated carbocycles. The van der Waals surface area contributed by atoms with Gasteiger partial charge in [-0.05, 0) is 17.7 Å². The lowest BCUT2D eigenvalue weighted by Gasteiger charge is -2.12. The number of rotatable bonds is 8. The number of hydrogen-bond donors (Lipinski definition) is 0. The van der Waals surface area contributed by atoms with Gasteiger partial charge in [0.2, 0.25) is 13.1 Å². The molecule has 0 aliphatic carbocycles. The largest absolute Gasteiger partial charge is 0.497 e. The first-order valence-electron chi connectivity index (χ1n) is 5.52. The van der Waals surface area contributed by atoms with Crippen molar-refractivity contribution in [1.82, 2.24) is 0 Å². The van der Waals surface area contributed by atoms with E-state index in [9.17, 15) is 20.2 Å². The average molecular weight is 286 g/mol. The van der Waals surface area contributed by atoms with Crippen molar-refractivity contribution in [1.29, 1.82) is 0 Å². The molecule has 1 aromatic carbocycles. The van der Waals surface area contributed by atoms with Crippen LogP contribution in [0.15, 0.2) is 24.3 Å². The average Bonchev–Trinajstić information content (AvgIpc) is 2.37. The van der Waals surface area contributed by atoms with E-state index in [1.807, 2.05) is 0 Å². The van der Waals surface area contributed by atoms with Gasteiger partial charge >= 0.3 is 0 Å². The summed E-state index contributed by atoms with van der Waals surface area (Å²) in [6.45, 7) is -0.455. The maximum atomic E-state index is 10.6. The smallest absolute Gasteiger partial charge is 0.219 e. The van der Waals surface area contributed by atoms with Crippen LogP contribution >= 0.6 is 11.8 Å². The molecule has 0 N–H and O–H groups in total. The Kier molecular flexibility index (Phi) is 6.07. The minimum atomic E-state index is -0.426. The first-order chi connectivity index (χ1) is 9.02. The van der Waals surface area contributed by atoms with Crippen LogP contribution in [-0.2, 0) is 0 Å². The van der Waals surface area contributed by atoms with Gasteiger partial charge in [-0.1, -0.05) is 12.1 Å². The number of benzene rings is 1. The number of nitrogens with zero attached hydrogens (tertiary/aromatic N) is 2. The van der Waals surface area contributed by atoms with Crippen LogP contribution in [0.25, 0.3) is 0 Å². The first-order valence-corrected chi connectivity index (χ1v) is 6.57. The Morgan fingerprint density at radius 2 is 1.84 bits per heavy atom. The van der Waals surface area contributed by atoms with Gasteiger partial charge in [-0.3, -0.25) is 20.2 Å². The monoisotopic (exact) mass is 286 g/mol. The first kappa shape index (κ1) is 15.2. The molecule has 1 aromatic rings. The van der Waals surface area contributed by atoms with Gasteiger partial charge < -0.3 is 4.74 Å². The summed E-state index contributed by atoms with van der Waals surface area (Å²) in [6, 6.07) is 6.92. The molecule has 0 amide bonds. The molecule has 19 heavy (non-hydrogen) atoms. The van der Waals surface area contributed by atoms with Gasteiger partial charge in [0.25, 0.3) is 0 Å². The maximum absolute atomic E-state index is 10.6. The van der Waals surface area contributed by atoms with Gasteiger partial charge in [0, 0.05) is 9.85 Å². The maximum Gasteiger partial charge on any atom is 0.219 e. The molecule has 0 heterocycles. The van der Waals surface area contributed by atoms with Gasteiger partial charge in [-0.2, -0.15) is 0 Å². The molecule has 0 fully saturated rings. The van der Waals surface area contributed by atoms with Crippen LogP contribution in [0, 0.1) is 20.2 Å². The molecular weight excluding hydrogens is 272 g/mol. The second-order valence-corrected chi connectivity index (χ2v) is 5.01. The standard InChI is InChI=1S/C11H14N2O5S/c1-18-10-4-2-9(3-5-10)11(8-13(16)17)19-7-6-12(14)15/h2-5,11H,6-8H2,1H3. The van der Waals surface area contributed by atoms with Gasteiger partial charge in [-0.25, -0.2) is 0 Å². The Balaban J connectivity index is 2.70. The summed E-state index contributed by atoms with van der Waals surface area (Å²) < 4.78 is 5.01. The van der Waals surface area contributed by atoms with E-state index in [4.69, 9.17) is 4.74 Å². The second kappa shape index (κ2) is 7.57. The summed E-state index contributed by atoms with van der Waals surface area (Å²) in [5, 5.41) is 20.5. The quantitative estimate of drug-likeness (QED) is 0.536. The fraction of sp³-hybridized carbons (Fsp3) is 0.455. The lowest BCUT2D eigenvalue weighted by molar-refractivity contribution is -0.480. The third kappa shape index (κ3) is 5.56. The molecule has 0 bridgehead atoms. The normalized spacial score (nSPS) is 11.8. The predicted molar refractivity (Wildman–Crippen MR) is 71.9 cm³/mol. The van der Waals surface area contributed by atoms with Crippen LogP contribution < -0.4 is 4.74 Å². The molecule has 8 heteroatoms. The van der Waals surface area contributed by atoms with Gasteiger partial charge in [-0.15, -0.1) is 11.8 Å². The third-order valence-electron chi connectivity index (χ3n) is 2.40. The molecular formula is C11H14N2O5S. The molecule has 7 nitrogen and oxygen atoms in total. The Labute approximate surface area is 114 Å². The minimum absolute atomic E-state index is 0.199. The van der Waals surface area contributed by atoms with Crippen LogP contribution in [0.1, 0.15) is 10.8 Å². The van der Waals surface area contributed by atoms with Crippen molar-refractivity contribution in [3.05, 3.63) is 50.1 Å². The van der Waals surface area contributed by atoms with E-state index in [0.717, 1.165) is 5.56 Å². The van der Waals surface area contributed by atoms with Crippen LogP contribution in [-0.4, -0.2) is 35.8 Å². The van der Waals surface area contributed by atoms with E-state index in [0.29, 0.717) is 5.75 Å². The van der Waals surface area contributed by atoms with Crippen LogP contribution in [0.4, 0.5) is 0 Å². The highest BCUT2D eigenvalue weighted by Crippen LogP contribution is 2.30. The highest BCUT2D eigenvalue weighted by molar-refractivity contribution is 7.99. The number of nitro groups is 2. The molecule has 0 aromatic heterocycles. The van der Waals surface area contributed by atoms with Crippen molar-refractivity contribution in [3.63, 3.8) is 0 Å². The predicted octanol–water partition coefficient (Wildman–Crippen LogP) is 2.02. The molecule has 1 rings (SSSR count). The summed E-state index contributed by atoms with van der Waals surface area (Å²) in [5.41, 5.74) is 0.769. The van der Waals surface area contributed by atoms with E-state index in [1.54, 1.807) is 24.3 Å². The van der Waals surface area contributed by atoms with Crippen molar-refractivity contribution in [3.8, 4) is 5.75 Å². The third-order valence-corrected chi connectivity index (χ3v) is 3.64. The molecule has 0 aliphatic heterocycles. The molecule has 0 spiro atoms. The number of methoxy groups -OCH3 is 1. The van der Waals surface area contributed by atoms with Crippen LogP contribution in [0.3, 0.4) is 0 Å². The highest BCUT2D eigenvalue weighted by atomic mass is 32.2. The van der Waals surface area contributed by atoms with Crippen molar-refractivity contribution < 1.29 is 14.6 Å². The van der Waals surface area contributed by atoms with E-state index < -0.39 is 9.85 Å². The Morgan fingerprint density at radius 1 is 1.21 bits per heavy atom. The van der Waals surface area contributed by atoms with E-state index in [-0.39, 0.29) is 24.1 Å².